The highest BCUT2D eigenvalue weighted by Gasteiger charge is 2.15. The number of aromatic nitrogens is 4. The number of nitrogens with one attached hydrogen (secondary N) is 2. The maximum absolute atomic E-state index is 12.5. The van der Waals surface area contributed by atoms with Crippen molar-refractivity contribution in [2.24, 2.45) is 5.73 Å². The zero-order valence-electron chi connectivity index (χ0n) is 18.5. The molecule has 2 aromatic carbocycles. The van der Waals surface area contributed by atoms with E-state index in [9.17, 15) is 9.59 Å². The summed E-state index contributed by atoms with van der Waals surface area (Å²) in [7, 11) is 3.13. The lowest BCUT2D eigenvalue weighted by Crippen LogP contribution is -2.16. The van der Waals surface area contributed by atoms with Gasteiger partial charge in [0.25, 0.3) is 5.91 Å². The van der Waals surface area contributed by atoms with Crippen LogP contribution in [0.5, 0.6) is 11.5 Å². The number of methoxy groups -OCH3 is 2. The Morgan fingerprint density at radius 2 is 1.85 bits per heavy atom. The fourth-order valence-corrected chi connectivity index (χ4v) is 3.33. The molecule has 0 fully saturated rings. The van der Waals surface area contributed by atoms with Crippen LogP contribution in [0.3, 0.4) is 0 Å². The number of nitrogens with zero attached hydrogens (tertiary/aromatic N) is 3. The first-order chi connectivity index (χ1) is 16.5. The Hall–Kier alpha value is -4.86. The number of benzene rings is 2. The summed E-state index contributed by atoms with van der Waals surface area (Å²) >= 11 is 0. The summed E-state index contributed by atoms with van der Waals surface area (Å²) in [6.45, 7) is 0. The van der Waals surface area contributed by atoms with Crippen LogP contribution in [0.2, 0.25) is 0 Å². The van der Waals surface area contributed by atoms with Crippen LogP contribution < -0.4 is 20.5 Å². The smallest absolute Gasteiger partial charge is 0.269 e. The van der Waals surface area contributed by atoms with Crippen molar-refractivity contribution >= 4 is 23.7 Å². The van der Waals surface area contributed by atoms with Crippen LogP contribution in [-0.4, -0.2) is 45.8 Å². The van der Waals surface area contributed by atoms with E-state index in [1.807, 2.05) is 48.7 Å². The molecule has 2 amide bonds. The Bertz CT molecular complexity index is 1360. The maximum Gasteiger partial charge on any atom is 0.269 e. The van der Waals surface area contributed by atoms with E-state index in [4.69, 9.17) is 20.3 Å². The molecular weight excluding hydrogens is 436 g/mol. The Kier molecular flexibility index (Phi) is 6.40. The molecule has 10 heteroatoms. The van der Waals surface area contributed by atoms with Gasteiger partial charge >= 0.3 is 0 Å². The van der Waals surface area contributed by atoms with Gasteiger partial charge in [-0.15, -0.1) is 0 Å². The van der Waals surface area contributed by atoms with Crippen molar-refractivity contribution in [3.05, 3.63) is 78.4 Å². The minimum Gasteiger partial charge on any atom is -0.493 e. The van der Waals surface area contributed by atoms with Crippen LogP contribution in [0.1, 0.15) is 16.1 Å². The molecule has 0 unspecified atom stereocenters. The molecule has 34 heavy (non-hydrogen) atoms. The second kappa shape index (κ2) is 9.74. The van der Waals surface area contributed by atoms with Crippen molar-refractivity contribution in [1.29, 1.82) is 0 Å². The number of amides is 2. The number of anilines is 1. The largest absolute Gasteiger partial charge is 0.493 e. The fourth-order valence-electron chi connectivity index (χ4n) is 3.33. The number of carbonyl (C=O) groups is 2. The maximum atomic E-state index is 12.5. The van der Waals surface area contributed by atoms with Gasteiger partial charge in [0.15, 0.2) is 17.3 Å². The lowest BCUT2D eigenvalue weighted by atomic mass is 10.1. The van der Waals surface area contributed by atoms with Crippen LogP contribution in [0.25, 0.3) is 23.0 Å². The molecule has 0 atom stereocenters. The van der Waals surface area contributed by atoms with E-state index in [1.165, 1.54) is 12.4 Å². The van der Waals surface area contributed by atoms with Gasteiger partial charge in [-0.2, -0.15) is 5.10 Å². The van der Waals surface area contributed by atoms with Crippen molar-refractivity contribution in [3.8, 4) is 28.4 Å². The average molecular weight is 458 g/mol. The number of imidazole rings is 1. The summed E-state index contributed by atoms with van der Waals surface area (Å²) in [5.41, 5.74) is 8.24. The summed E-state index contributed by atoms with van der Waals surface area (Å²) in [5.74, 6) is -0.00635. The molecular formula is C24H22N6O4. The third-order valence-electron chi connectivity index (χ3n) is 4.96. The zero-order chi connectivity index (χ0) is 24.1. The minimum absolute atomic E-state index is 0.0182. The number of primary amides is 1. The molecule has 0 radical (unpaired) electrons. The van der Waals surface area contributed by atoms with Gasteiger partial charge < -0.3 is 25.5 Å². The summed E-state index contributed by atoms with van der Waals surface area (Å²) < 4.78 is 12.5. The lowest BCUT2D eigenvalue weighted by Gasteiger charge is -2.09. The van der Waals surface area contributed by atoms with Crippen LogP contribution in [-0.2, 0) is 4.79 Å². The molecule has 2 heterocycles. The van der Waals surface area contributed by atoms with Crippen molar-refractivity contribution < 1.29 is 19.1 Å². The van der Waals surface area contributed by atoms with Gasteiger partial charge in [0.1, 0.15) is 11.4 Å². The first-order valence-corrected chi connectivity index (χ1v) is 10.2. The standard InChI is InChI=1S/C24H22N6O4/c1-33-18-10-8-15(12-19(18)34-2)21-16(13-30(29-21)17-6-4-3-5-7-17)9-11-20(31)28-24-22(23(25)32)26-14-27-24/h3-14H,1-2H3,(H2,25,32)(H,26,27)(H,28,31). The molecule has 172 valence electrons. The molecule has 0 aliphatic rings. The van der Waals surface area contributed by atoms with Crippen molar-refractivity contribution in [3.63, 3.8) is 0 Å². The van der Waals surface area contributed by atoms with Crippen molar-refractivity contribution in [2.45, 2.75) is 0 Å². The fraction of sp³-hybridized carbons (Fsp3) is 0.0833. The first kappa shape index (κ1) is 22.3. The second-order valence-corrected chi connectivity index (χ2v) is 7.10. The van der Waals surface area contributed by atoms with Crippen molar-refractivity contribution in [2.75, 3.05) is 19.5 Å². The Balaban J connectivity index is 1.69. The molecule has 0 spiro atoms. The van der Waals surface area contributed by atoms with E-state index in [-0.39, 0.29) is 11.5 Å². The third kappa shape index (κ3) is 4.65. The first-order valence-electron chi connectivity index (χ1n) is 10.2. The van der Waals surface area contributed by atoms with Crippen LogP contribution in [0.4, 0.5) is 5.82 Å². The molecule has 0 aliphatic carbocycles. The van der Waals surface area contributed by atoms with Gasteiger partial charge in [-0.1, -0.05) is 18.2 Å². The molecule has 4 rings (SSSR count). The van der Waals surface area contributed by atoms with E-state index in [1.54, 1.807) is 31.0 Å². The molecule has 0 bridgehead atoms. The number of nitrogens with two attached hydrogens (primary N) is 1. The number of para-hydroxylation sites is 1. The Labute approximate surface area is 195 Å². The average Bonchev–Trinajstić information content (AvgIpc) is 3.50. The van der Waals surface area contributed by atoms with Crippen LogP contribution in [0, 0.1) is 0 Å². The van der Waals surface area contributed by atoms with E-state index in [2.05, 4.69) is 15.3 Å². The number of hydrogen-bond acceptors (Lipinski definition) is 6. The topological polar surface area (TPSA) is 137 Å². The summed E-state index contributed by atoms with van der Waals surface area (Å²) in [6, 6.07) is 15.1. The molecule has 4 N–H and O–H groups in total. The molecule has 10 nitrogen and oxygen atoms in total. The molecule has 0 saturated carbocycles. The van der Waals surface area contributed by atoms with Gasteiger partial charge in [-0.3, -0.25) is 9.59 Å². The van der Waals surface area contributed by atoms with E-state index in [0.717, 1.165) is 11.3 Å². The van der Waals surface area contributed by atoms with Crippen LogP contribution in [0.15, 0.2) is 67.1 Å². The number of H-pyrrole nitrogens is 1. The zero-order valence-corrected chi connectivity index (χ0v) is 18.5. The monoisotopic (exact) mass is 458 g/mol. The summed E-state index contributed by atoms with van der Waals surface area (Å²) in [5, 5.41) is 7.27. The third-order valence-corrected chi connectivity index (χ3v) is 4.96. The van der Waals surface area contributed by atoms with Crippen LogP contribution >= 0.6 is 0 Å². The number of aromatic amines is 1. The predicted molar refractivity (Wildman–Crippen MR) is 127 cm³/mol. The highest BCUT2D eigenvalue weighted by molar-refractivity contribution is 6.05. The van der Waals surface area contributed by atoms with Gasteiger partial charge in [0.2, 0.25) is 5.91 Å². The molecule has 2 aromatic heterocycles. The molecule has 0 saturated heterocycles. The van der Waals surface area contributed by atoms with Gasteiger partial charge in [-0.05, 0) is 36.4 Å². The number of carbonyl (C=O) groups excluding carboxylic acids is 2. The van der Waals surface area contributed by atoms with E-state index >= 15 is 0 Å². The minimum atomic E-state index is -0.725. The Morgan fingerprint density at radius 1 is 1.09 bits per heavy atom. The normalized spacial score (nSPS) is 10.9. The predicted octanol–water partition coefficient (Wildman–Crippen LogP) is 3.03. The number of hydrogen-bond donors (Lipinski definition) is 3. The van der Waals surface area contributed by atoms with E-state index in [0.29, 0.717) is 22.8 Å². The van der Waals surface area contributed by atoms with Gasteiger partial charge in [0, 0.05) is 23.4 Å². The van der Waals surface area contributed by atoms with Gasteiger partial charge in [-0.25, -0.2) is 9.67 Å². The highest BCUT2D eigenvalue weighted by Crippen LogP contribution is 2.33. The highest BCUT2D eigenvalue weighted by atomic mass is 16.5. The van der Waals surface area contributed by atoms with E-state index < -0.39 is 11.8 Å². The number of ether oxygens (including phenoxy) is 2. The van der Waals surface area contributed by atoms with Gasteiger partial charge in [0.05, 0.1) is 26.2 Å². The summed E-state index contributed by atoms with van der Waals surface area (Å²) in [6.07, 6.45) is 6.05. The second-order valence-electron chi connectivity index (χ2n) is 7.10. The SMILES string of the molecule is COc1ccc(-c2nn(-c3ccccc3)cc2C=CC(=O)Nc2nc[nH]c2C(N)=O)cc1OC. The summed E-state index contributed by atoms with van der Waals surface area (Å²) in [4.78, 5) is 30.4. The molecule has 0 aliphatic heterocycles. The lowest BCUT2D eigenvalue weighted by molar-refractivity contribution is -0.111. The number of rotatable bonds is 8. The molecule has 4 aromatic rings. The van der Waals surface area contributed by atoms with Crippen molar-refractivity contribution in [1.82, 2.24) is 19.7 Å². The quantitative estimate of drug-likeness (QED) is 0.347. The Morgan fingerprint density at radius 3 is 2.56 bits per heavy atom.